The van der Waals surface area contributed by atoms with Crippen LogP contribution in [0.15, 0.2) is 65.1 Å². The van der Waals surface area contributed by atoms with Crippen LogP contribution in [-0.4, -0.2) is 11.1 Å². The zero-order valence-corrected chi connectivity index (χ0v) is 15.9. The molecule has 0 spiro atoms. The lowest BCUT2D eigenvalue weighted by Crippen LogP contribution is -2.37. The van der Waals surface area contributed by atoms with Crippen LogP contribution < -0.4 is 5.32 Å². The topological polar surface area (TPSA) is 71.7 Å². The first-order valence-electron chi connectivity index (χ1n) is 9.53. The number of carbonyl (C=O) groups is 1. The van der Waals surface area contributed by atoms with Gasteiger partial charge < -0.3 is 19.6 Å². The Balaban J connectivity index is 1.65. The first-order chi connectivity index (χ1) is 13.6. The molecule has 0 bridgehead atoms. The molecule has 1 atom stereocenters. The van der Waals surface area contributed by atoms with Gasteiger partial charge in [0.25, 0.3) is 0 Å². The molecule has 28 heavy (non-hydrogen) atoms. The first-order valence-corrected chi connectivity index (χ1v) is 9.53. The van der Waals surface area contributed by atoms with Crippen LogP contribution in [0.1, 0.15) is 54.6 Å². The number of hydrogen-bond donors (Lipinski definition) is 2. The lowest BCUT2D eigenvalue weighted by molar-refractivity contribution is -0.110. The van der Waals surface area contributed by atoms with Crippen molar-refractivity contribution in [2.75, 3.05) is 5.32 Å². The maximum absolute atomic E-state index is 11.0. The summed E-state index contributed by atoms with van der Waals surface area (Å²) in [6.07, 6.45) is 1.34. The molecular weight excluding hydrogens is 354 g/mol. The highest BCUT2D eigenvalue weighted by Gasteiger charge is 2.40. The highest BCUT2D eigenvalue weighted by molar-refractivity contribution is 5.88. The Morgan fingerprint density at radius 3 is 2.43 bits per heavy atom. The lowest BCUT2D eigenvalue weighted by Gasteiger charge is -2.42. The molecule has 5 heteroatoms. The van der Waals surface area contributed by atoms with Crippen LogP contribution in [-0.2, 0) is 10.3 Å². The fourth-order valence-electron chi connectivity index (χ4n) is 3.82. The molecule has 0 saturated carbocycles. The van der Waals surface area contributed by atoms with Gasteiger partial charge in [0.15, 0.2) is 12.0 Å². The van der Waals surface area contributed by atoms with Gasteiger partial charge >= 0.3 is 5.97 Å². The second kappa shape index (κ2) is 7.17. The third kappa shape index (κ3) is 3.08. The van der Waals surface area contributed by atoms with E-state index in [1.807, 2.05) is 24.3 Å². The van der Waals surface area contributed by atoms with E-state index in [2.05, 4.69) is 31.3 Å². The zero-order chi connectivity index (χ0) is 19.7. The third-order valence-electron chi connectivity index (χ3n) is 5.49. The number of anilines is 1. The molecular formula is C23H23NO4. The summed E-state index contributed by atoms with van der Waals surface area (Å²) in [5.41, 5.74) is 2.95. The van der Waals surface area contributed by atoms with Crippen LogP contribution >= 0.6 is 0 Å². The van der Waals surface area contributed by atoms with Crippen LogP contribution in [0.2, 0.25) is 0 Å². The zero-order valence-electron chi connectivity index (χ0n) is 15.9. The second-order valence-corrected chi connectivity index (χ2v) is 6.97. The normalized spacial score (nSPS) is 17.6. The molecule has 1 aromatic heterocycles. The monoisotopic (exact) mass is 377 g/mol. The van der Waals surface area contributed by atoms with Crippen LogP contribution in [0.25, 0.3) is 11.3 Å². The predicted octanol–water partition coefficient (Wildman–Crippen LogP) is 5.80. The van der Waals surface area contributed by atoms with Crippen molar-refractivity contribution in [2.45, 2.75) is 38.5 Å². The number of furan rings is 1. The maximum atomic E-state index is 11.0. The number of benzene rings is 2. The van der Waals surface area contributed by atoms with Gasteiger partial charge in [-0.15, -0.1) is 0 Å². The Morgan fingerprint density at radius 1 is 1.04 bits per heavy atom. The number of aromatic carboxylic acids is 1. The van der Waals surface area contributed by atoms with Gasteiger partial charge in [-0.1, -0.05) is 44.2 Å². The number of fused-ring (bicyclic) bond motifs is 1. The number of carboxylic acids is 1. The van der Waals surface area contributed by atoms with Gasteiger partial charge in [-0.05, 0) is 43.2 Å². The van der Waals surface area contributed by atoms with Gasteiger partial charge in [-0.2, -0.15) is 0 Å². The molecule has 144 valence electrons. The van der Waals surface area contributed by atoms with Gasteiger partial charge in [-0.3, -0.25) is 0 Å². The van der Waals surface area contributed by atoms with Crippen molar-refractivity contribution >= 4 is 11.7 Å². The van der Waals surface area contributed by atoms with E-state index in [-0.39, 0.29) is 17.4 Å². The average molecular weight is 377 g/mol. The van der Waals surface area contributed by atoms with Crippen LogP contribution in [0.5, 0.6) is 0 Å². The van der Waals surface area contributed by atoms with Gasteiger partial charge in [0, 0.05) is 16.8 Å². The van der Waals surface area contributed by atoms with Crippen molar-refractivity contribution in [1.29, 1.82) is 0 Å². The minimum atomic E-state index is -0.944. The molecule has 0 aliphatic carbocycles. The lowest BCUT2D eigenvalue weighted by atomic mass is 9.85. The summed E-state index contributed by atoms with van der Waals surface area (Å²) in [5, 5.41) is 12.5. The van der Waals surface area contributed by atoms with Crippen molar-refractivity contribution in [3.05, 3.63) is 77.6 Å². The standard InChI is InChI=1S/C23H23NO4/c1-3-23(4-2)17-7-5-6-8-18(17)24-21(28-23)20-14-13-19(27-20)15-9-11-16(12-10-15)22(25)26/h5-14,21,24H,3-4H2,1-2H3,(H,25,26)/t21-/m0/s1. The third-order valence-corrected chi connectivity index (χ3v) is 5.49. The number of nitrogens with one attached hydrogen (secondary N) is 1. The molecule has 1 aliphatic rings. The van der Waals surface area contributed by atoms with E-state index in [4.69, 9.17) is 14.3 Å². The number of ether oxygens (including phenoxy) is 1. The molecule has 0 fully saturated rings. The van der Waals surface area contributed by atoms with E-state index < -0.39 is 5.97 Å². The fraction of sp³-hybridized carbons (Fsp3) is 0.261. The number of hydrogen-bond acceptors (Lipinski definition) is 4. The Bertz CT molecular complexity index is 986. The Hall–Kier alpha value is -3.05. The van der Waals surface area contributed by atoms with Crippen molar-refractivity contribution in [3.63, 3.8) is 0 Å². The van der Waals surface area contributed by atoms with Crippen LogP contribution in [0, 0.1) is 0 Å². The summed E-state index contributed by atoms with van der Waals surface area (Å²) in [4.78, 5) is 11.0. The minimum Gasteiger partial charge on any atom is -0.478 e. The van der Waals surface area contributed by atoms with E-state index in [1.165, 1.54) is 5.56 Å². The van der Waals surface area contributed by atoms with Gasteiger partial charge in [0.05, 0.1) is 11.2 Å². The molecule has 2 aromatic carbocycles. The minimum absolute atomic E-state index is 0.250. The molecule has 3 aromatic rings. The van der Waals surface area contributed by atoms with E-state index in [1.54, 1.807) is 24.3 Å². The average Bonchev–Trinajstić information content (AvgIpc) is 3.23. The summed E-state index contributed by atoms with van der Waals surface area (Å²) in [6.45, 7) is 4.28. The molecule has 0 radical (unpaired) electrons. The Morgan fingerprint density at radius 2 is 1.75 bits per heavy atom. The summed E-state index contributed by atoms with van der Waals surface area (Å²) in [7, 11) is 0. The highest BCUT2D eigenvalue weighted by atomic mass is 16.5. The van der Waals surface area contributed by atoms with Crippen molar-refractivity contribution in [2.24, 2.45) is 0 Å². The van der Waals surface area contributed by atoms with E-state index in [0.29, 0.717) is 11.5 Å². The van der Waals surface area contributed by atoms with Crippen molar-refractivity contribution in [3.8, 4) is 11.3 Å². The van der Waals surface area contributed by atoms with Crippen molar-refractivity contribution < 1.29 is 19.1 Å². The smallest absolute Gasteiger partial charge is 0.335 e. The molecule has 0 amide bonds. The molecule has 4 rings (SSSR count). The van der Waals surface area contributed by atoms with E-state index >= 15 is 0 Å². The molecule has 5 nitrogen and oxygen atoms in total. The molecule has 2 heterocycles. The van der Waals surface area contributed by atoms with Crippen molar-refractivity contribution in [1.82, 2.24) is 0 Å². The van der Waals surface area contributed by atoms with Gasteiger partial charge in [-0.25, -0.2) is 4.79 Å². The Kier molecular flexibility index (Phi) is 4.69. The van der Waals surface area contributed by atoms with E-state index in [9.17, 15) is 4.79 Å². The van der Waals surface area contributed by atoms with Gasteiger partial charge in [0.2, 0.25) is 0 Å². The second-order valence-electron chi connectivity index (χ2n) is 6.97. The van der Waals surface area contributed by atoms with E-state index in [0.717, 1.165) is 24.1 Å². The predicted molar refractivity (Wildman–Crippen MR) is 107 cm³/mol. The summed E-state index contributed by atoms with van der Waals surface area (Å²) in [6, 6.07) is 18.7. The van der Waals surface area contributed by atoms with Crippen LogP contribution in [0.3, 0.4) is 0 Å². The summed E-state index contributed by atoms with van der Waals surface area (Å²) >= 11 is 0. The summed E-state index contributed by atoms with van der Waals surface area (Å²) in [5.74, 6) is 0.425. The molecule has 0 saturated heterocycles. The highest BCUT2D eigenvalue weighted by Crippen LogP contribution is 2.46. The molecule has 1 aliphatic heterocycles. The summed E-state index contributed by atoms with van der Waals surface area (Å²) < 4.78 is 12.6. The first kappa shape index (κ1) is 18.3. The maximum Gasteiger partial charge on any atom is 0.335 e. The van der Waals surface area contributed by atoms with Crippen LogP contribution in [0.4, 0.5) is 5.69 Å². The largest absolute Gasteiger partial charge is 0.478 e. The number of para-hydroxylation sites is 1. The SMILES string of the molecule is CCC1(CC)O[C@@H](c2ccc(-c3ccc(C(=O)O)cc3)o2)Nc2ccccc21. The van der Waals surface area contributed by atoms with Gasteiger partial charge in [0.1, 0.15) is 5.76 Å². The quantitative estimate of drug-likeness (QED) is 0.588. The molecule has 0 unspecified atom stereocenters. The fourth-order valence-corrected chi connectivity index (χ4v) is 3.82. The number of rotatable bonds is 5. The number of carboxylic acid groups (broad SMARTS) is 1. The Labute approximate surface area is 164 Å². The molecule has 2 N–H and O–H groups in total.